The Kier molecular flexibility index (Phi) is 6.69. The Labute approximate surface area is 195 Å². The van der Waals surface area contributed by atoms with Gasteiger partial charge < -0.3 is 30.3 Å². The van der Waals surface area contributed by atoms with Crippen LogP contribution < -0.4 is 25.8 Å². The molecule has 0 saturated heterocycles. The molecule has 4 rings (SSSR count). The van der Waals surface area contributed by atoms with Crippen LogP contribution in [0.4, 0.5) is 5.69 Å². The van der Waals surface area contributed by atoms with E-state index in [0.29, 0.717) is 58.2 Å². The van der Waals surface area contributed by atoms with Gasteiger partial charge in [-0.15, -0.1) is 0 Å². The van der Waals surface area contributed by atoms with Crippen LogP contribution in [-0.4, -0.2) is 49.1 Å². The Hall–Kier alpha value is -4.44. The third-order valence-corrected chi connectivity index (χ3v) is 4.94. The predicted octanol–water partition coefficient (Wildman–Crippen LogP) is 2.85. The number of hydrogen-bond donors (Lipinski definition) is 3. The summed E-state index contributed by atoms with van der Waals surface area (Å²) < 4.78 is 16.3. The number of nitrogens with one attached hydrogen (secondary N) is 2. The summed E-state index contributed by atoms with van der Waals surface area (Å²) in [4.78, 5) is 34.2. The quantitative estimate of drug-likeness (QED) is 0.364. The Morgan fingerprint density at radius 1 is 1.00 bits per heavy atom. The Bertz CT molecular complexity index is 1320. The van der Waals surface area contributed by atoms with Crippen molar-refractivity contribution < 1.29 is 23.5 Å². The molecule has 4 N–H and O–H groups in total. The average molecular weight is 461 g/mol. The number of carbonyl (C=O) groups excluding carboxylic acids is 2. The molecule has 2 amide bonds. The zero-order chi connectivity index (χ0) is 24.1. The number of hydrogen-bond acceptors (Lipinski definition) is 8. The van der Waals surface area contributed by atoms with E-state index in [9.17, 15) is 9.59 Å². The maximum atomic E-state index is 13.0. The van der Waals surface area contributed by atoms with Gasteiger partial charge in [0.25, 0.3) is 11.8 Å². The second-order valence-corrected chi connectivity index (χ2v) is 7.21. The maximum Gasteiger partial charge on any atom is 0.255 e. The van der Waals surface area contributed by atoms with Crippen molar-refractivity contribution in [3.05, 3.63) is 65.9 Å². The summed E-state index contributed by atoms with van der Waals surface area (Å²) >= 11 is 0. The van der Waals surface area contributed by atoms with Gasteiger partial charge in [-0.25, -0.2) is 4.98 Å². The van der Waals surface area contributed by atoms with Crippen LogP contribution >= 0.6 is 0 Å². The van der Waals surface area contributed by atoms with Crippen LogP contribution in [0.25, 0.3) is 22.7 Å². The van der Waals surface area contributed by atoms with Crippen molar-refractivity contribution in [3.63, 3.8) is 0 Å². The van der Waals surface area contributed by atoms with E-state index in [1.807, 2.05) is 0 Å². The SMILES string of the molecule is COc1ccc(C(=O)Nc2cc(C(=O)NCCN)cc(-c3nc4ncccc4o3)c2)cc1OC. The summed E-state index contributed by atoms with van der Waals surface area (Å²) in [7, 11) is 3.01. The molecule has 174 valence electrons. The van der Waals surface area contributed by atoms with Gasteiger partial charge in [0.15, 0.2) is 22.7 Å². The second-order valence-electron chi connectivity index (χ2n) is 7.21. The van der Waals surface area contributed by atoms with Crippen molar-refractivity contribution in [2.75, 3.05) is 32.6 Å². The van der Waals surface area contributed by atoms with Gasteiger partial charge in [0, 0.05) is 41.7 Å². The van der Waals surface area contributed by atoms with Gasteiger partial charge in [0.1, 0.15) is 0 Å². The summed E-state index contributed by atoms with van der Waals surface area (Å²) in [5.74, 6) is 0.451. The number of nitrogens with two attached hydrogens (primary N) is 1. The molecule has 0 aliphatic carbocycles. The van der Waals surface area contributed by atoms with E-state index in [4.69, 9.17) is 19.6 Å². The molecule has 10 heteroatoms. The first kappa shape index (κ1) is 22.7. The molecule has 0 atom stereocenters. The molecule has 0 fully saturated rings. The minimum absolute atomic E-state index is 0.267. The van der Waals surface area contributed by atoms with E-state index in [1.165, 1.54) is 14.2 Å². The number of ether oxygens (including phenoxy) is 2. The fourth-order valence-electron chi connectivity index (χ4n) is 3.32. The van der Waals surface area contributed by atoms with Crippen molar-refractivity contribution in [1.29, 1.82) is 0 Å². The topological polar surface area (TPSA) is 142 Å². The lowest BCUT2D eigenvalue weighted by atomic mass is 10.1. The number of pyridine rings is 1. The zero-order valence-electron chi connectivity index (χ0n) is 18.6. The van der Waals surface area contributed by atoms with Gasteiger partial charge in [-0.1, -0.05) is 0 Å². The largest absolute Gasteiger partial charge is 0.493 e. The summed E-state index contributed by atoms with van der Waals surface area (Å²) in [6.45, 7) is 0.605. The molecule has 0 aliphatic rings. The van der Waals surface area contributed by atoms with Crippen LogP contribution in [0.3, 0.4) is 0 Å². The second kappa shape index (κ2) is 10.0. The molecule has 2 aromatic heterocycles. The van der Waals surface area contributed by atoms with Crippen molar-refractivity contribution in [3.8, 4) is 23.0 Å². The van der Waals surface area contributed by atoms with E-state index >= 15 is 0 Å². The minimum atomic E-state index is -0.398. The number of anilines is 1. The summed E-state index contributed by atoms with van der Waals surface area (Å²) in [6.07, 6.45) is 1.61. The van der Waals surface area contributed by atoms with Crippen LogP contribution in [0.15, 0.2) is 59.1 Å². The number of benzene rings is 2. The molecule has 0 radical (unpaired) electrons. The van der Waals surface area contributed by atoms with E-state index in [-0.39, 0.29) is 11.8 Å². The molecule has 2 aromatic carbocycles. The third kappa shape index (κ3) is 4.81. The van der Waals surface area contributed by atoms with Gasteiger partial charge in [0.05, 0.1) is 14.2 Å². The lowest BCUT2D eigenvalue weighted by Gasteiger charge is -2.12. The van der Waals surface area contributed by atoms with Gasteiger partial charge in [-0.3, -0.25) is 9.59 Å². The first-order valence-electron chi connectivity index (χ1n) is 10.4. The number of rotatable bonds is 8. The van der Waals surface area contributed by atoms with E-state index in [1.54, 1.807) is 54.7 Å². The van der Waals surface area contributed by atoms with E-state index < -0.39 is 5.91 Å². The van der Waals surface area contributed by atoms with Crippen LogP contribution in [0, 0.1) is 0 Å². The van der Waals surface area contributed by atoms with E-state index in [2.05, 4.69) is 20.6 Å². The number of oxazole rings is 1. The molecule has 0 spiro atoms. The monoisotopic (exact) mass is 461 g/mol. The first-order chi connectivity index (χ1) is 16.5. The highest BCUT2D eigenvalue weighted by molar-refractivity contribution is 6.06. The lowest BCUT2D eigenvalue weighted by Crippen LogP contribution is -2.29. The number of nitrogens with zero attached hydrogens (tertiary/aromatic N) is 2. The highest BCUT2D eigenvalue weighted by Gasteiger charge is 2.17. The average Bonchev–Trinajstić information content (AvgIpc) is 3.31. The Morgan fingerprint density at radius 3 is 2.56 bits per heavy atom. The zero-order valence-corrected chi connectivity index (χ0v) is 18.6. The van der Waals surface area contributed by atoms with E-state index in [0.717, 1.165) is 0 Å². The highest BCUT2D eigenvalue weighted by atomic mass is 16.5. The maximum absolute atomic E-state index is 13.0. The number of amides is 2. The van der Waals surface area contributed by atoms with Crippen molar-refractivity contribution in [2.24, 2.45) is 5.73 Å². The summed E-state index contributed by atoms with van der Waals surface area (Å²) in [6, 6.07) is 13.2. The van der Waals surface area contributed by atoms with Crippen molar-refractivity contribution in [1.82, 2.24) is 15.3 Å². The Morgan fingerprint density at radius 2 is 1.82 bits per heavy atom. The standard InChI is InChI=1S/C24H23N5O5/c1-32-18-6-5-14(13-20(18)33-2)23(31)28-17-11-15(22(30)27-9-7-25)10-16(12-17)24-29-21-19(34-24)4-3-8-26-21/h3-6,8,10-13H,7,9,25H2,1-2H3,(H,27,30)(H,28,31). The lowest BCUT2D eigenvalue weighted by molar-refractivity contribution is 0.0953. The normalized spacial score (nSPS) is 10.7. The predicted molar refractivity (Wildman–Crippen MR) is 126 cm³/mol. The van der Waals surface area contributed by atoms with Crippen LogP contribution in [0.5, 0.6) is 11.5 Å². The summed E-state index contributed by atoms with van der Waals surface area (Å²) in [5, 5.41) is 5.54. The van der Waals surface area contributed by atoms with Crippen LogP contribution in [0.2, 0.25) is 0 Å². The van der Waals surface area contributed by atoms with Crippen molar-refractivity contribution in [2.45, 2.75) is 0 Å². The number of aromatic nitrogens is 2. The molecular formula is C24H23N5O5. The van der Waals surface area contributed by atoms with Crippen LogP contribution in [0.1, 0.15) is 20.7 Å². The molecule has 10 nitrogen and oxygen atoms in total. The van der Waals surface area contributed by atoms with Crippen molar-refractivity contribution >= 4 is 28.7 Å². The molecule has 34 heavy (non-hydrogen) atoms. The number of carbonyl (C=O) groups is 2. The van der Waals surface area contributed by atoms with Gasteiger partial charge in [0.2, 0.25) is 5.89 Å². The molecule has 0 aliphatic heterocycles. The minimum Gasteiger partial charge on any atom is -0.493 e. The van der Waals surface area contributed by atoms with Gasteiger partial charge in [-0.05, 0) is 48.5 Å². The fourth-order valence-corrected chi connectivity index (χ4v) is 3.32. The fraction of sp³-hybridized carbons (Fsp3) is 0.167. The third-order valence-electron chi connectivity index (χ3n) is 4.94. The van der Waals surface area contributed by atoms with Crippen LogP contribution in [-0.2, 0) is 0 Å². The smallest absolute Gasteiger partial charge is 0.255 e. The molecule has 4 aromatic rings. The number of methoxy groups -OCH3 is 2. The Balaban J connectivity index is 1.70. The highest BCUT2D eigenvalue weighted by Crippen LogP contribution is 2.29. The van der Waals surface area contributed by atoms with Gasteiger partial charge in [-0.2, -0.15) is 4.98 Å². The molecule has 0 unspecified atom stereocenters. The van der Waals surface area contributed by atoms with Gasteiger partial charge >= 0.3 is 0 Å². The molecule has 2 heterocycles. The molecular weight excluding hydrogens is 438 g/mol. The molecule has 0 bridgehead atoms. The first-order valence-corrected chi connectivity index (χ1v) is 10.4. The molecule has 0 saturated carbocycles. The summed E-state index contributed by atoms with van der Waals surface area (Å²) in [5.41, 5.74) is 7.98. The number of fused-ring (bicyclic) bond motifs is 1.